The first kappa shape index (κ1) is 28.1. The van der Waals surface area contributed by atoms with Crippen molar-refractivity contribution in [1.82, 2.24) is 10.2 Å². The number of carbonyl (C=O) groups excluding carboxylic acids is 2. The van der Waals surface area contributed by atoms with E-state index in [4.69, 9.17) is 0 Å². The minimum atomic E-state index is -4.83. The highest BCUT2D eigenvalue weighted by Crippen LogP contribution is 2.59. The molecule has 2 amide bonds. The second-order valence-electron chi connectivity index (χ2n) is 10.9. The Morgan fingerprint density at radius 2 is 1.82 bits per heavy atom. The van der Waals surface area contributed by atoms with Crippen LogP contribution in [0.4, 0.5) is 13.2 Å². The Balaban J connectivity index is 1.46. The average Bonchev–Trinajstić information content (AvgIpc) is 3.84. The van der Waals surface area contributed by atoms with Gasteiger partial charge in [0.25, 0.3) is 0 Å². The van der Waals surface area contributed by atoms with Gasteiger partial charge in [-0.3, -0.25) is 9.59 Å². The Bertz CT molecular complexity index is 1520. The lowest BCUT2D eigenvalue weighted by Gasteiger charge is -2.29. The zero-order chi connectivity index (χ0) is 29.1. The summed E-state index contributed by atoms with van der Waals surface area (Å²) in [6, 6.07) is 12.3. The highest BCUT2D eigenvalue weighted by molar-refractivity contribution is 7.92. The van der Waals surface area contributed by atoms with Crippen molar-refractivity contribution in [1.29, 1.82) is 5.26 Å². The van der Waals surface area contributed by atoms with Crippen LogP contribution in [0.25, 0.3) is 11.1 Å². The number of carbonyl (C=O) groups is 2. The van der Waals surface area contributed by atoms with Crippen LogP contribution in [0.5, 0.6) is 0 Å². The number of amides is 2. The van der Waals surface area contributed by atoms with E-state index in [1.165, 1.54) is 6.07 Å². The van der Waals surface area contributed by atoms with Crippen molar-refractivity contribution >= 4 is 21.7 Å². The molecule has 2 aliphatic carbocycles. The normalized spacial score (nSPS) is 22.9. The number of hydrogen-bond donors (Lipinski definition) is 2. The van der Waals surface area contributed by atoms with E-state index in [9.17, 15) is 41.5 Å². The van der Waals surface area contributed by atoms with E-state index in [-0.39, 0.29) is 17.9 Å². The van der Waals surface area contributed by atoms with E-state index in [2.05, 4.69) is 5.32 Å². The molecule has 8 nitrogen and oxygen atoms in total. The Hall–Kier alpha value is -3.43. The smallest absolute Gasteiger partial charge is 0.392 e. The number of alkyl halides is 3. The number of nitriles is 1. The minimum absolute atomic E-state index is 0.0520. The van der Waals surface area contributed by atoms with Crippen molar-refractivity contribution < 1.29 is 36.3 Å². The predicted octanol–water partition coefficient (Wildman–Crippen LogP) is 3.41. The topological polar surface area (TPSA) is 128 Å². The number of hydrogen-bond acceptors (Lipinski definition) is 6. The third-order valence-corrected chi connectivity index (χ3v) is 10.6. The lowest BCUT2D eigenvalue weighted by molar-refractivity contribution is -0.199. The van der Waals surface area contributed by atoms with Crippen LogP contribution in [0.2, 0.25) is 0 Å². The molecule has 1 heterocycles. The molecule has 3 fully saturated rings. The van der Waals surface area contributed by atoms with E-state index in [1.807, 2.05) is 6.07 Å². The summed E-state index contributed by atoms with van der Waals surface area (Å²) in [5.41, 5.74) is -1.32. The standard InChI is InChI=1S/C28H28F3N3O5S/c1-17-12-18(21-5-3-2-4-19(21)15-35)6-7-23(17)40(38,39)20-13-22(24(36)33-26(16-32)8-9-26)34(14-20)25(37)27(10-11-27)28(29,30)31/h2-7,12,20,22,35H,8-11,13-15H2,1H3,(H,33,36)/t20-,22+/m1/s1. The van der Waals surface area contributed by atoms with Crippen LogP contribution >= 0.6 is 0 Å². The highest BCUT2D eigenvalue weighted by Gasteiger charge is 2.70. The Morgan fingerprint density at radius 1 is 1.15 bits per heavy atom. The number of benzene rings is 2. The maximum atomic E-state index is 13.8. The number of rotatable bonds is 7. The molecule has 40 heavy (non-hydrogen) atoms. The van der Waals surface area contributed by atoms with Gasteiger partial charge < -0.3 is 15.3 Å². The third-order valence-electron chi connectivity index (χ3n) is 8.27. The van der Waals surface area contributed by atoms with Crippen molar-refractivity contribution in [2.75, 3.05) is 6.54 Å². The molecule has 0 bridgehead atoms. The number of aliphatic hydroxyl groups excluding tert-OH is 1. The largest absolute Gasteiger partial charge is 0.403 e. The number of likely N-dealkylation sites (tertiary alicyclic amines) is 1. The second kappa shape index (κ2) is 9.59. The van der Waals surface area contributed by atoms with Crippen LogP contribution in [-0.2, 0) is 26.0 Å². The number of sulfone groups is 1. The van der Waals surface area contributed by atoms with E-state index in [0.29, 0.717) is 29.5 Å². The SMILES string of the molecule is Cc1cc(-c2ccccc2CO)ccc1S(=O)(=O)[C@@H]1C[C@@H](C(=O)NC2(C#N)CC2)N(C(=O)C2(C(F)(F)F)CC2)C1. The first-order chi connectivity index (χ1) is 18.8. The lowest BCUT2D eigenvalue weighted by Crippen LogP contribution is -2.53. The van der Waals surface area contributed by atoms with Gasteiger partial charge >= 0.3 is 6.18 Å². The van der Waals surface area contributed by atoms with Crippen LogP contribution in [0.15, 0.2) is 47.4 Å². The number of nitrogens with zero attached hydrogens (tertiary/aromatic N) is 2. The molecule has 0 aromatic heterocycles. The quantitative estimate of drug-likeness (QED) is 0.521. The molecule has 2 atom stereocenters. The minimum Gasteiger partial charge on any atom is -0.392 e. The van der Waals surface area contributed by atoms with Crippen molar-refractivity contribution in [3.63, 3.8) is 0 Å². The van der Waals surface area contributed by atoms with Gasteiger partial charge in [0, 0.05) is 6.54 Å². The number of halogens is 3. The summed E-state index contributed by atoms with van der Waals surface area (Å²) < 4.78 is 69.0. The van der Waals surface area contributed by atoms with Gasteiger partial charge in [-0.1, -0.05) is 36.4 Å². The molecule has 0 unspecified atom stereocenters. The molecule has 0 spiro atoms. The summed E-state index contributed by atoms with van der Waals surface area (Å²) >= 11 is 0. The van der Waals surface area contributed by atoms with Gasteiger partial charge in [-0.25, -0.2) is 8.42 Å². The van der Waals surface area contributed by atoms with Gasteiger partial charge in [0.05, 0.1) is 22.8 Å². The fraction of sp³-hybridized carbons (Fsp3) is 0.464. The first-order valence-electron chi connectivity index (χ1n) is 12.9. The fourth-order valence-corrected chi connectivity index (χ4v) is 7.40. The average molecular weight is 576 g/mol. The van der Waals surface area contributed by atoms with Gasteiger partial charge in [0.1, 0.15) is 17.0 Å². The van der Waals surface area contributed by atoms with Gasteiger partial charge in [-0.2, -0.15) is 18.4 Å². The zero-order valence-corrected chi connectivity index (χ0v) is 22.5. The molecule has 12 heteroatoms. The summed E-state index contributed by atoms with van der Waals surface area (Å²) in [7, 11) is -4.18. The van der Waals surface area contributed by atoms with E-state index in [0.717, 1.165) is 10.5 Å². The van der Waals surface area contributed by atoms with Gasteiger partial charge in [0.15, 0.2) is 9.84 Å². The van der Waals surface area contributed by atoms with Crippen LogP contribution in [0.1, 0.15) is 43.2 Å². The molecule has 2 aromatic carbocycles. The summed E-state index contributed by atoms with van der Waals surface area (Å²) in [4.78, 5) is 27.1. The number of aliphatic hydroxyl groups is 1. The van der Waals surface area contributed by atoms with Crippen molar-refractivity contribution in [3.05, 3.63) is 53.6 Å². The maximum absolute atomic E-state index is 13.8. The molecular weight excluding hydrogens is 547 g/mol. The summed E-state index contributed by atoms with van der Waals surface area (Å²) in [6.07, 6.45) is -5.32. The highest BCUT2D eigenvalue weighted by atomic mass is 32.2. The molecule has 212 valence electrons. The third kappa shape index (κ3) is 4.65. The monoisotopic (exact) mass is 575 g/mol. The molecule has 3 aliphatic rings. The van der Waals surface area contributed by atoms with Crippen LogP contribution in [-0.4, -0.2) is 59.8 Å². The first-order valence-corrected chi connectivity index (χ1v) is 14.5. The van der Waals surface area contributed by atoms with Gasteiger partial charge in [0.2, 0.25) is 11.8 Å². The van der Waals surface area contributed by atoms with E-state index >= 15 is 0 Å². The molecule has 2 saturated carbocycles. The van der Waals surface area contributed by atoms with Gasteiger partial charge in [-0.05, 0) is 67.3 Å². The number of aryl methyl sites for hydroxylation is 1. The van der Waals surface area contributed by atoms with Gasteiger partial charge in [-0.15, -0.1) is 0 Å². The van der Waals surface area contributed by atoms with Crippen molar-refractivity contribution in [2.24, 2.45) is 5.41 Å². The molecule has 5 rings (SSSR count). The molecular formula is C28H28F3N3O5S. The van der Waals surface area contributed by atoms with E-state index < -0.39 is 69.5 Å². The summed E-state index contributed by atoms with van der Waals surface area (Å²) in [5.74, 6) is -2.12. The fourth-order valence-electron chi connectivity index (χ4n) is 5.48. The van der Waals surface area contributed by atoms with Crippen molar-refractivity contribution in [2.45, 2.75) is 73.5 Å². The summed E-state index contributed by atoms with van der Waals surface area (Å²) in [5, 5.41) is 20.2. The molecule has 2 N–H and O–H groups in total. The Kier molecular flexibility index (Phi) is 6.74. The van der Waals surface area contributed by atoms with Crippen LogP contribution in [0.3, 0.4) is 0 Å². The molecule has 1 saturated heterocycles. The molecule has 2 aromatic rings. The number of nitrogens with one attached hydrogen (secondary N) is 1. The Morgan fingerprint density at radius 3 is 2.38 bits per heavy atom. The molecule has 1 aliphatic heterocycles. The van der Waals surface area contributed by atoms with Crippen molar-refractivity contribution in [3.8, 4) is 17.2 Å². The lowest BCUT2D eigenvalue weighted by atomic mass is 9.99. The second-order valence-corrected chi connectivity index (χ2v) is 13.1. The zero-order valence-electron chi connectivity index (χ0n) is 21.7. The summed E-state index contributed by atoms with van der Waals surface area (Å²) in [6.45, 7) is 0.814. The van der Waals surface area contributed by atoms with Crippen LogP contribution in [0, 0.1) is 23.7 Å². The Labute approximate surface area is 229 Å². The van der Waals surface area contributed by atoms with E-state index in [1.54, 1.807) is 43.3 Å². The predicted molar refractivity (Wildman–Crippen MR) is 137 cm³/mol. The molecule has 0 radical (unpaired) electrons. The maximum Gasteiger partial charge on any atom is 0.403 e. The van der Waals surface area contributed by atoms with Crippen LogP contribution < -0.4 is 5.32 Å².